The van der Waals surface area contributed by atoms with Gasteiger partial charge in [-0.3, -0.25) is 0 Å². The fourth-order valence-corrected chi connectivity index (χ4v) is 2.56. The molecule has 0 bridgehead atoms. The van der Waals surface area contributed by atoms with Gasteiger partial charge in [-0.15, -0.1) is 0 Å². The first-order valence-electron chi connectivity index (χ1n) is 6.72. The van der Waals surface area contributed by atoms with Gasteiger partial charge in [0.2, 0.25) is 0 Å². The third-order valence-electron chi connectivity index (χ3n) is 3.73. The highest BCUT2D eigenvalue weighted by Gasteiger charge is 2.21. The Bertz CT molecular complexity index is 159. The third kappa shape index (κ3) is 4.52. The Kier molecular flexibility index (Phi) is 6.26. The van der Waals surface area contributed by atoms with Crippen LogP contribution in [0.2, 0.25) is 0 Å². The van der Waals surface area contributed by atoms with Gasteiger partial charge in [0.25, 0.3) is 0 Å². The van der Waals surface area contributed by atoms with Gasteiger partial charge >= 0.3 is 0 Å². The van der Waals surface area contributed by atoms with E-state index < -0.39 is 0 Å². The second kappa shape index (κ2) is 7.24. The van der Waals surface area contributed by atoms with Crippen LogP contribution < -0.4 is 5.73 Å². The molecule has 0 radical (unpaired) electrons. The smallest absolute Gasteiger partial charge is 0.00670 e. The Morgan fingerprint density at radius 2 is 2.20 bits per heavy atom. The minimum atomic E-state index is 0.757. The van der Waals surface area contributed by atoms with E-state index in [1.165, 1.54) is 51.6 Å². The summed E-state index contributed by atoms with van der Waals surface area (Å²) < 4.78 is 0. The van der Waals surface area contributed by atoms with E-state index >= 15 is 0 Å². The van der Waals surface area contributed by atoms with Crippen molar-refractivity contribution in [2.45, 2.75) is 58.4 Å². The van der Waals surface area contributed by atoms with E-state index in [0.717, 1.165) is 18.5 Å². The van der Waals surface area contributed by atoms with Crippen LogP contribution in [0, 0.1) is 5.92 Å². The van der Waals surface area contributed by atoms with E-state index in [1.807, 2.05) is 0 Å². The number of likely N-dealkylation sites (tertiary alicyclic amines) is 1. The number of rotatable bonds is 6. The minimum Gasteiger partial charge on any atom is -0.330 e. The molecule has 1 heterocycles. The number of piperidine rings is 1. The molecule has 0 aliphatic carbocycles. The molecule has 1 aliphatic heterocycles. The highest BCUT2D eigenvalue weighted by atomic mass is 15.2. The van der Waals surface area contributed by atoms with Crippen LogP contribution >= 0.6 is 0 Å². The van der Waals surface area contributed by atoms with E-state index in [1.54, 1.807) is 0 Å². The van der Waals surface area contributed by atoms with Crippen molar-refractivity contribution in [3.63, 3.8) is 0 Å². The standard InChI is InChI=1S/C13H28N2/c1-3-4-5-7-12(2)15-9-6-8-13(10-14)11-15/h12-13H,3-11,14H2,1-2H3. The summed E-state index contributed by atoms with van der Waals surface area (Å²) in [6.07, 6.45) is 8.16. The summed E-state index contributed by atoms with van der Waals surface area (Å²) in [5, 5.41) is 0. The van der Waals surface area contributed by atoms with Crippen LogP contribution in [0.3, 0.4) is 0 Å². The quantitative estimate of drug-likeness (QED) is 0.686. The first-order valence-corrected chi connectivity index (χ1v) is 6.72. The van der Waals surface area contributed by atoms with Gasteiger partial charge in [-0.2, -0.15) is 0 Å². The number of hydrogen-bond acceptors (Lipinski definition) is 2. The fourth-order valence-electron chi connectivity index (χ4n) is 2.56. The molecule has 1 saturated heterocycles. The van der Waals surface area contributed by atoms with Gasteiger partial charge in [0, 0.05) is 12.6 Å². The summed E-state index contributed by atoms with van der Waals surface area (Å²) in [5.41, 5.74) is 5.76. The summed E-state index contributed by atoms with van der Waals surface area (Å²) >= 11 is 0. The van der Waals surface area contributed by atoms with Crippen molar-refractivity contribution in [2.24, 2.45) is 11.7 Å². The molecule has 0 saturated carbocycles. The summed E-state index contributed by atoms with van der Waals surface area (Å²) in [7, 11) is 0. The van der Waals surface area contributed by atoms with E-state index in [9.17, 15) is 0 Å². The van der Waals surface area contributed by atoms with Gasteiger partial charge in [0.05, 0.1) is 0 Å². The molecule has 0 amide bonds. The summed E-state index contributed by atoms with van der Waals surface area (Å²) in [5.74, 6) is 0.757. The molecule has 1 fully saturated rings. The van der Waals surface area contributed by atoms with Crippen LogP contribution in [0.15, 0.2) is 0 Å². The predicted octanol–water partition coefficient (Wildman–Crippen LogP) is 2.63. The van der Waals surface area contributed by atoms with Crippen LogP contribution in [0.4, 0.5) is 0 Å². The SMILES string of the molecule is CCCCCC(C)N1CCCC(CN)C1. The van der Waals surface area contributed by atoms with Crippen molar-refractivity contribution >= 4 is 0 Å². The number of unbranched alkanes of at least 4 members (excludes halogenated alkanes) is 2. The zero-order valence-electron chi connectivity index (χ0n) is 10.5. The lowest BCUT2D eigenvalue weighted by atomic mass is 9.96. The molecule has 2 unspecified atom stereocenters. The number of hydrogen-bond donors (Lipinski definition) is 1. The Hall–Kier alpha value is -0.0800. The van der Waals surface area contributed by atoms with Crippen molar-refractivity contribution in [3.05, 3.63) is 0 Å². The Morgan fingerprint density at radius 3 is 2.87 bits per heavy atom. The van der Waals surface area contributed by atoms with Crippen molar-refractivity contribution in [2.75, 3.05) is 19.6 Å². The lowest BCUT2D eigenvalue weighted by molar-refractivity contribution is 0.127. The number of nitrogens with two attached hydrogens (primary N) is 1. The van der Waals surface area contributed by atoms with Crippen LogP contribution in [0.5, 0.6) is 0 Å². The van der Waals surface area contributed by atoms with Crippen molar-refractivity contribution in [3.8, 4) is 0 Å². The van der Waals surface area contributed by atoms with E-state index in [-0.39, 0.29) is 0 Å². The molecule has 0 aromatic heterocycles. The van der Waals surface area contributed by atoms with Crippen molar-refractivity contribution < 1.29 is 0 Å². The largest absolute Gasteiger partial charge is 0.330 e. The molecule has 1 rings (SSSR count). The normalized spacial score (nSPS) is 25.4. The molecular weight excluding hydrogens is 184 g/mol. The summed E-state index contributed by atoms with van der Waals surface area (Å²) in [6.45, 7) is 8.07. The van der Waals surface area contributed by atoms with Gasteiger partial charge in [-0.25, -0.2) is 0 Å². The van der Waals surface area contributed by atoms with Crippen LogP contribution in [0.1, 0.15) is 52.4 Å². The fraction of sp³-hybridized carbons (Fsp3) is 1.00. The summed E-state index contributed by atoms with van der Waals surface area (Å²) in [6, 6.07) is 0.769. The minimum absolute atomic E-state index is 0.757. The lowest BCUT2D eigenvalue weighted by Gasteiger charge is -2.36. The van der Waals surface area contributed by atoms with Gasteiger partial charge < -0.3 is 10.6 Å². The highest BCUT2D eigenvalue weighted by Crippen LogP contribution is 2.19. The average molecular weight is 212 g/mol. The van der Waals surface area contributed by atoms with Crippen molar-refractivity contribution in [1.29, 1.82) is 0 Å². The van der Waals surface area contributed by atoms with Gasteiger partial charge in [-0.05, 0) is 45.2 Å². The molecule has 2 nitrogen and oxygen atoms in total. The maximum Gasteiger partial charge on any atom is 0.00670 e. The van der Waals surface area contributed by atoms with Gasteiger partial charge in [-0.1, -0.05) is 26.2 Å². The molecule has 0 aromatic rings. The first kappa shape index (κ1) is 13.0. The number of nitrogens with zero attached hydrogens (tertiary/aromatic N) is 1. The second-order valence-electron chi connectivity index (χ2n) is 5.08. The van der Waals surface area contributed by atoms with E-state index in [2.05, 4.69) is 18.7 Å². The molecule has 15 heavy (non-hydrogen) atoms. The lowest BCUT2D eigenvalue weighted by Crippen LogP contribution is -2.43. The van der Waals surface area contributed by atoms with E-state index in [4.69, 9.17) is 5.73 Å². The molecule has 90 valence electrons. The molecule has 2 heteroatoms. The molecule has 2 atom stereocenters. The maximum atomic E-state index is 5.76. The molecule has 0 spiro atoms. The van der Waals surface area contributed by atoms with Crippen molar-refractivity contribution in [1.82, 2.24) is 4.90 Å². The topological polar surface area (TPSA) is 29.3 Å². The molecular formula is C13H28N2. The Balaban J connectivity index is 2.22. The van der Waals surface area contributed by atoms with Crippen LogP contribution in [0.25, 0.3) is 0 Å². The predicted molar refractivity (Wildman–Crippen MR) is 67.0 cm³/mol. The molecule has 2 N–H and O–H groups in total. The highest BCUT2D eigenvalue weighted by molar-refractivity contribution is 4.77. The summed E-state index contributed by atoms with van der Waals surface area (Å²) in [4.78, 5) is 2.65. The van der Waals surface area contributed by atoms with Gasteiger partial charge in [0.1, 0.15) is 0 Å². The van der Waals surface area contributed by atoms with E-state index in [0.29, 0.717) is 0 Å². The maximum absolute atomic E-state index is 5.76. The monoisotopic (exact) mass is 212 g/mol. The molecule has 0 aromatic carbocycles. The zero-order valence-corrected chi connectivity index (χ0v) is 10.5. The second-order valence-corrected chi connectivity index (χ2v) is 5.08. The first-order chi connectivity index (χ1) is 7.27. The van der Waals surface area contributed by atoms with Crippen LogP contribution in [-0.4, -0.2) is 30.6 Å². The van der Waals surface area contributed by atoms with Crippen LogP contribution in [-0.2, 0) is 0 Å². The molecule has 1 aliphatic rings. The Morgan fingerprint density at radius 1 is 1.40 bits per heavy atom. The zero-order chi connectivity index (χ0) is 11.1. The Labute approximate surface area is 95.2 Å². The van der Waals surface area contributed by atoms with Gasteiger partial charge in [0.15, 0.2) is 0 Å². The third-order valence-corrected chi connectivity index (χ3v) is 3.73. The average Bonchev–Trinajstić information content (AvgIpc) is 2.29.